The Balaban J connectivity index is 1.47. The van der Waals surface area contributed by atoms with E-state index in [2.05, 4.69) is 5.32 Å². The Morgan fingerprint density at radius 2 is 2.03 bits per heavy atom. The van der Waals surface area contributed by atoms with Crippen molar-refractivity contribution in [3.63, 3.8) is 0 Å². The molecule has 0 radical (unpaired) electrons. The largest absolute Gasteiger partial charge is 0.452 e. The van der Waals surface area contributed by atoms with E-state index in [0.29, 0.717) is 29.9 Å². The molecule has 0 aromatic heterocycles. The number of hydrogen-bond acceptors (Lipinski definition) is 5. The van der Waals surface area contributed by atoms with Crippen LogP contribution in [0.4, 0.5) is 20.6 Å². The van der Waals surface area contributed by atoms with Crippen LogP contribution in [0, 0.1) is 5.82 Å². The molecule has 1 saturated heterocycles. The van der Waals surface area contributed by atoms with Crippen LogP contribution >= 0.6 is 11.6 Å². The highest BCUT2D eigenvalue weighted by molar-refractivity contribution is 6.30. The topological polar surface area (TPSA) is 99.2 Å². The number of amides is 3. The van der Waals surface area contributed by atoms with Crippen LogP contribution < -0.4 is 15.1 Å². The van der Waals surface area contributed by atoms with Crippen LogP contribution in [-0.2, 0) is 27.3 Å². The molecule has 1 atom stereocenters. The number of nitrogens with one attached hydrogen (secondary N) is 1. The maximum atomic E-state index is 13.5. The Morgan fingerprint density at radius 1 is 1.25 bits per heavy atom. The summed E-state index contributed by atoms with van der Waals surface area (Å²) in [5.41, 5.74) is 0.274. The van der Waals surface area contributed by atoms with E-state index in [-0.39, 0.29) is 24.5 Å². The summed E-state index contributed by atoms with van der Waals surface area (Å²) in [6.07, 6.45) is 0.0492. The van der Waals surface area contributed by atoms with Crippen LogP contribution in [0.5, 0.6) is 0 Å². The number of carbonyl (C=O) groups is 3. The van der Waals surface area contributed by atoms with Crippen molar-refractivity contribution < 1.29 is 28.6 Å². The zero-order valence-electron chi connectivity index (χ0n) is 17.2. The number of nitrogens with zero attached hydrogens (tertiary/aromatic N) is 2. The Kier molecular flexibility index (Phi) is 5.79. The first-order valence-electron chi connectivity index (χ1n) is 9.99. The Bertz CT molecular complexity index is 1090. The third-order valence-electron chi connectivity index (χ3n) is 5.71. The molecule has 10 heteroatoms. The molecule has 0 spiro atoms. The number of hydrogen-bond donors (Lipinski definition) is 2. The molecule has 32 heavy (non-hydrogen) atoms. The van der Waals surface area contributed by atoms with Gasteiger partial charge in [0.1, 0.15) is 5.82 Å². The molecule has 1 unspecified atom stereocenters. The van der Waals surface area contributed by atoms with E-state index < -0.39 is 29.3 Å². The van der Waals surface area contributed by atoms with Crippen molar-refractivity contribution >= 4 is 40.9 Å². The lowest BCUT2D eigenvalue weighted by molar-refractivity contribution is -0.149. The highest BCUT2D eigenvalue weighted by Gasteiger charge is 2.51. The molecule has 2 heterocycles. The Labute approximate surface area is 188 Å². The molecular weight excluding hydrogens is 441 g/mol. The lowest BCUT2D eigenvalue weighted by atomic mass is 10.0. The molecule has 4 rings (SSSR count). The summed E-state index contributed by atoms with van der Waals surface area (Å²) in [6.45, 7) is 0.526. The molecule has 2 aliphatic rings. The number of fused-ring (bicyclic) bond motifs is 1. The van der Waals surface area contributed by atoms with E-state index in [1.807, 2.05) is 0 Å². The van der Waals surface area contributed by atoms with Crippen molar-refractivity contribution in [2.75, 3.05) is 30.0 Å². The maximum absolute atomic E-state index is 13.5. The first-order valence-corrected chi connectivity index (χ1v) is 10.4. The van der Waals surface area contributed by atoms with Gasteiger partial charge >= 0.3 is 6.09 Å². The van der Waals surface area contributed by atoms with Crippen LogP contribution in [0.25, 0.3) is 0 Å². The minimum atomic E-state index is -2.23. The van der Waals surface area contributed by atoms with Gasteiger partial charge in [-0.25, -0.2) is 9.18 Å². The van der Waals surface area contributed by atoms with Crippen molar-refractivity contribution in [1.29, 1.82) is 0 Å². The van der Waals surface area contributed by atoms with Crippen LogP contribution in [0.3, 0.4) is 0 Å². The second-order valence-electron chi connectivity index (χ2n) is 7.71. The van der Waals surface area contributed by atoms with Gasteiger partial charge in [-0.05, 0) is 53.9 Å². The standard InChI is InChI=1S/C22H21ClFN3O5/c1-32-21(30)27-6-4-14-10-17(2-3-18(14)27)26-7-5-22(31,20(26)29)19(28)25-12-13-8-15(23)11-16(24)9-13/h2-3,8-11,31H,4-7,12H2,1H3,(H,25,28). The molecule has 2 aliphatic heterocycles. The molecule has 0 bridgehead atoms. The quantitative estimate of drug-likeness (QED) is 0.681. The molecule has 168 valence electrons. The third kappa shape index (κ3) is 3.89. The number of rotatable bonds is 4. The van der Waals surface area contributed by atoms with E-state index in [1.165, 1.54) is 29.0 Å². The van der Waals surface area contributed by atoms with Gasteiger partial charge in [0.25, 0.3) is 11.8 Å². The SMILES string of the molecule is COC(=O)N1CCc2cc(N3CCC(O)(C(=O)NCc4cc(F)cc(Cl)c4)C3=O)ccc21. The van der Waals surface area contributed by atoms with Crippen molar-refractivity contribution in [2.24, 2.45) is 0 Å². The molecular formula is C22H21ClFN3O5. The molecule has 2 aromatic carbocycles. The number of benzene rings is 2. The van der Waals surface area contributed by atoms with Crippen molar-refractivity contribution in [2.45, 2.75) is 25.0 Å². The van der Waals surface area contributed by atoms with E-state index in [0.717, 1.165) is 11.6 Å². The second kappa shape index (κ2) is 8.40. The first-order chi connectivity index (χ1) is 15.2. The summed E-state index contributed by atoms with van der Waals surface area (Å²) in [4.78, 5) is 40.3. The number of anilines is 2. The summed E-state index contributed by atoms with van der Waals surface area (Å²) in [5.74, 6) is -2.15. The average Bonchev–Trinajstić information content (AvgIpc) is 3.32. The van der Waals surface area contributed by atoms with Crippen molar-refractivity contribution in [3.05, 3.63) is 58.4 Å². The second-order valence-corrected chi connectivity index (χ2v) is 8.15. The highest BCUT2D eigenvalue weighted by Crippen LogP contribution is 2.35. The van der Waals surface area contributed by atoms with Gasteiger partial charge in [-0.1, -0.05) is 11.6 Å². The smallest absolute Gasteiger partial charge is 0.414 e. The molecule has 1 fully saturated rings. The molecule has 0 saturated carbocycles. The average molecular weight is 462 g/mol. The van der Waals surface area contributed by atoms with Gasteiger partial charge in [0, 0.05) is 36.8 Å². The van der Waals surface area contributed by atoms with E-state index >= 15 is 0 Å². The van der Waals surface area contributed by atoms with Crippen molar-refractivity contribution in [3.8, 4) is 0 Å². The van der Waals surface area contributed by atoms with Gasteiger partial charge in [0.15, 0.2) is 0 Å². The fourth-order valence-electron chi connectivity index (χ4n) is 4.06. The number of carbonyl (C=O) groups excluding carboxylic acids is 3. The van der Waals surface area contributed by atoms with E-state index in [9.17, 15) is 23.9 Å². The molecule has 0 aliphatic carbocycles. The zero-order valence-corrected chi connectivity index (χ0v) is 18.0. The summed E-state index contributed by atoms with van der Waals surface area (Å²) in [6, 6.07) is 8.98. The van der Waals surface area contributed by atoms with Crippen molar-refractivity contribution in [1.82, 2.24) is 5.32 Å². The summed E-state index contributed by atoms with van der Waals surface area (Å²) < 4.78 is 18.3. The lowest BCUT2D eigenvalue weighted by Crippen LogP contribution is -2.52. The minimum absolute atomic E-state index is 0.0892. The summed E-state index contributed by atoms with van der Waals surface area (Å²) >= 11 is 5.81. The zero-order chi connectivity index (χ0) is 23.0. The van der Waals surface area contributed by atoms with Crippen LogP contribution in [-0.4, -0.2) is 48.8 Å². The Morgan fingerprint density at radius 3 is 2.75 bits per heavy atom. The summed E-state index contributed by atoms with van der Waals surface area (Å²) in [7, 11) is 1.31. The van der Waals surface area contributed by atoms with Gasteiger partial charge in [-0.3, -0.25) is 14.5 Å². The Hall–Kier alpha value is -3.17. The lowest BCUT2D eigenvalue weighted by Gasteiger charge is -2.22. The van der Waals surface area contributed by atoms with E-state index in [4.69, 9.17) is 16.3 Å². The fourth-order valence-corrected chi connectivity index (χ4v) is 4.30. The number of ether oxygens (including phenoxy) is 1. The van der Waals surface area contributed by atoms with E-state index in [1.54, 1.807) is 18.2 Å². The first kappa shape index (κ1) is 22.0. The molecule has 2 N–H and O–H groups in total. The third-order valence-corrected chi connectivity index (χ3v) is 5.93. The van der Waals surface area contributed by atoms with Gasteiger partial charge in [0.05, 0.1) is 12.8 Å². The van der Waals surface area contributed by atoms with Crippen LogP contribution in [0.1, 0.15) is 17.5 Å². The molecule has 3 amide bonds. The highest BCUT2D eigenvalue weighted by atomic mass is 35.5. The molecule has 8 nitrogen and oxygen atoms in total. The summed E-state index contributed by atoms with van der Waals surface area (Å²) in [5, 5.41) is 13.5. The van der Waals surface area contributed by atoms with Crippen LogP contribution in [0.2, 0.25) is 5.02 Å². The van der Waals surface area contributed by atoms with Gasteiger partial charge < -0.3 is 20.1 Å². The number of aliphatic hydroxyl groups is 1. The monoisotopic (exact) mass is 461 g/mol. The molecule has 2 aromatic rings. The number of halogens is 2. The fraction of sp³-hybridized carbons (Fsp3) is 0.318. The van der Waals surface area contributed by atoms with Gasteiger partial charge in [-0.15, -0.1) is 0 Å². The predicted molar refractivity (Wildman–Crippen MR) is 115 cm³/mol. The van der Waals surface area contributed by atoms with Gasteiger partial charge in [0.2, 0.25) is 5.60 Å². The van der Waals surface area contributed by atoms with Gasteiger partial charge in [-0.2, -0.15) is 0 Å². The normalized spacial score (nSPS) is 19.8. The minimum Gasteiger partial charge on any atom is -0.452 e. The maximum Gasteiger partial charge on any atom is 0.414 e. The predicted octanol–water partition coefficient (Wildman–Crippen LogP) is 2.39. The van der Waals surface area contributed by atoms with Crippen LogP contribution in [0.15, 0.2) is 36.4 Å². The number of methoxy groups -OCH3 is 1.